The van der Waals surface area contributed by atoms with Gasteiger partial charge in [0.15, 0.2) is 0 Å². The highest BCUT2D eigenvalue weighted by molar-refractivity contribution is 7.17. The number of hydrogen-bond donors (Lipinski definition) is 3. The van der Waals surface area contributed by atoms with E-state index in [0.29, 0.717) is 5.57 Å². The number of aromatic amines is 1. The topological polar surface area (TPSA) is 110 Å². The number of nitrogens with two attached hydrogens (primary N) is 1. The van der Waals surface area contributed by atoms with Crippen LogP contribution in [0.5, 0.6) is 5.75 Å². The van der Waals surface area contributed by atoms with Crippen LogP contribution >= 0.6 is 11.3 Å². The van der Waals surface area contributed by atoms with Crippen molar-refractivity contribution in [3.63, 3.8) is 0 Å². The minimum atomic E-state index is -0.400. The summed E-state index contributed by atoms with van der Waals surface area (Å²) < 4.78 is 5.18. The maximum atomic E-state index is 12.4. The monoisotopic (exact) mass is 380 g/mol. The number of anilines is 1. The molecule has 0 radical (unpaired) electrons. The van der Waals surface area contributed by atoms with Crippen LogP contribution in [0.4, 0.5) is 5.00 Å². The number of ether oxygens (including phenoxy) is 1. The smallest absolute Gasteiger partial charge is 0.257 e. The first-order valence-corrected chi connectivity index (χ1v) is 8.99. The Balaban J connectivity index is 1.71. The summed E-state index contributed by atoms with van der Waals surface area (Å²) in [5.74, 6) is 0.186. The van der Waals surface area contributed by atoms with Crippen molar-refractivity contribution in [3.8, 4) is 17.0 Å². The van der Waals surface area contributed by atoms with Gasteiger partial charge in [0, 0.05) is 21.6 Å². The van der Waals surface area contributed by atoms with Crippen molar-refractivity contribution in [3.05, 3.63) is 52.5 Å². The van der Waals surface area contributed by atoms with Gasteiger partial charge in [-0.3, -0.25) is 14.7 Å². The van der Waals surface area contributed by atoms with E-state index in [1.54, 1.807) is 19.4 Å². The number of amides is 2. The molecule has 3 aromatic rings. The van der Waals surface area contributed by atoms with E-state index in [1.165, 1.54) is 11.3 Å². The number of carbonyl (C=O) groups is 2. The quantitative estimate of drug-likeness (QED) is 0.591. The Morgan fingerprint density at radius 3 is 2.81 bits per heavy atom. The molecule has 0 atom stereocenters. The normalized spacial score (nSPS) is 14.3. The summed E-state index contributed by atoms with van der Waals surface area (Å²) in [4.78, 5) is 24.3. The van der Waals surface area contributed by atoms with E-state index in [0.717, 1.165) is 38.0 Å². The second-order valence-corrected chi connectivity index (χ2v) is 7.18. The molecule has 7 nitrogen and oxygen atoms in total. The average molecular weight is 380 g/mol. The van der Waals surface area contributed by atoms with Crippen LogP contribution in [0.3, 0.4) is 0 Å². The molecule has 0 saturated carbocycles. The van der Waals surface area contributed by atoms with Gasteiger partial charge in [-0.15, -0.1) is 11.3 Å². The molecule has 3 heterocycles. The zero-order chi connectivity index (χ0) is 19.0. The highest BCUT2D eigenvalue weighted by Gasteiger charge is 2.27. The van der Waals surface area contributed by atoms with Crippen LogP contribution < -0.4 is 15.8 Å². The lowest BCUT2D eigenvalue weighted by Gasteiger charge is -2.03. The summed E-state index contributed by atoms with van der Waals surface area (Å²) in [5, 5.41) is 10.7. The predicted octanol–water partition coefficient (Wildman–Crippen LogP) is 2.67. The number of fused-ring (bicyclic) bond motifs is 1. The number of nitrogens with zero attached hydrogens (tertiary/aromatic N) is 1. The molecule has 2 amide bonds. The summed E-state index contributed by atoms with van der Waals surface area (Å²) in [6, 6.07) is 9.40. The molecule has 0 saturated heterocycles. The second kappa shape index (κ2) is 6.73. The third kappa shape index (κ3) is 3.22. The maximum absolute atomic E-state index is 12.4. The molecular weight excluding hydrogens is 364 g/mol. The minimum Gasteiger partial charge on any atom is -0.497 e. The lowest BCUT2D eigenvalue weighted by atomic mass is 10.0. The van der Waals surface area contributed by atoms with E-state index in [2.05, 4.69) is 15.5 Å². The van der Waals surface area contributed by atoms with Gasteiger partial charge in [0.25, 0.3) is 5.91 Å². The van der Waals surface area contributed by atoms with Crippen molar-refractivity contribution in [2.75, 3.05) is 12.4 Å². The van der Waals surface area contributed by atoms with Gasteiger partial charge in [0.05, 0.1) is 31.0 Å². The highest BCUT2D eigenvalue weighted by Crippen LogP contribution is 2.40. The number of nitrogens with one attached hydrogen (secondary N) is 2. The zero-order valence-corrected chi connectivity index (χ0v) is 15.2. The molecule has 8 heteroatoms. The predicted molar refractivity (Wildman–Crippen MR) is 104 cm³/mol. The standard InChI is InChI=1S/C19H16N4O3S/c1-26-12-4-2-10(3-5-12)17-11(9-21-23-17)6-14-15-7-13(8-16(20)24)27-19(15)22-18(14)25/h2-7,9H,8H2,1H3,(H2,20,24)(H,21,23)(H,22,25)/b14-6-. The molecule has 1 aromatic carbocycles. The van der Waals surface area contributed by atoms with Crippen LogP contribution in [0.15, 0.2) is 36.5 Å². The number of hydrogen-bond acceptors (Lipinski definition) is 5. The molecule has 4 rings (SSSR count). The number of methoxy groups -OCH3 is 1. The van der Waals surface area contributed by atoms with Crippen LogP contribution in [0, 0.1) is 0 Å². The highest BCUT2D eigenvalue weighted by atomic mass is 32.1. The Morgan fingerprint density at radius 2 is 2.11 bits per heavy atom. The van der Waals surface area contributed by atoms with Crippen molar-refractivity contribution in [2.45, 2.75) is 6.42 Å². The van der Waals surface area contributed by atoms with Crippen molar-refractivity contribution in [1.82, 2.24) is 10.2 Å². The number of primary amides is 1. The summed E-state index contributed by atoms with van der Waals surface area (Å²) in [7, 11) is 1.62. The van der Waals surface area contributed by atoms with E-state index in [1.807, 2.05) is 30.3 Å². The molecule has 0 unspecified atom stereocenters. The SMILES string of the molecule is COc1ccc(-c2[nH]ncc2/C=C2\C(=O)Nc3sc(CC(N)=O)cc32)cc1. The second-order valence-electron chi connectivity index (χ2n) is 6.04. The van der Waals surface area contributed by atoms with Crippen molar-refractivity contribution < 1.29 is 14.3 Å². The van der Waals surface area contributed by atoms with Gasteiger partial charge in [-0.1, -0.05) is 0 Å². The third-order valence-corrected chi connectivity index (χ3v) is 5.29. The van der Waals surface area contributed by atoms with Gasteiger partial charge < -0.3 is 15.8 Å². The van der Waals surface area contributed by atoms with Crippen LogP contribution in [0.2, 0.25) is 0 Å². The Morgan fingerprint density at radius 1 is 1.33 bits per heavy atom. The molecule has 0 spiro atoms. The van der Waals surface area contributed by atoms with Gasteiger partial charge >= 0.3 is 0 Å². The fraction of sp³-hybridized carbons (Fsp3) is 0.105. The number of rotatable bonds is 5. The first-order chi connectivity index (χ1) is 13.0. The number of thiophene rings is 1. The first-order valence-electron chi connectivity index (χ1n) is 8.17. The fourth-order valence-corrected chi connectivity index (χ4v) is 4.06. The molecule has 136 valence electrons. The Hall–Kier alpha value is -3.39. The van der Waals surface area contributed by atoms with Gasteiger partial charge in [0.1, 0.15) is 10.8 Å². The Kier molecular flexibility index (Phi) is 4.25. The van der Waals surface area contributed by atoms with Crippen LogP contribution in [0.1, 0.15) is 16.0 Å². The first kappa shape index (κ1) is 17.0. The third-order valence-electron chi connectivity index (χ3n) is 4.24. The van der Waals surface area contributed by atoms with Crippen molar-refractivity contribution in [1.29, 1.82) is 0 Å². The van der Waals surface area contributed by atoms with Gasteiger partial charge in [-0.2, -0.15) is 5.10 Å². The maximum Gasteiger partial charge on any atom is 0.257 e. The summed E-state index contributed by atoms with van der Waals surface area (Å²) >= 11 is 1.36. The molecule has 2 aromatic heterocycles. The molecule has 1 aliphatic heterocycles. The van der Waals surface area contributed by atoms with Crippen molar-refractivity contribution >= 4 is 39.8 Å². The van der Waals surface area contributed by atoms with Crippen LogP contribution in [-0.2, 0) is 16.0 Å². The molecule has 0 aliphatic carbocycles. The van der Waals surface area contributed by atoms with Crippen molar-refractivity contribution in [2.24, 2.45) is 5.73 Å². The van der Waals surface area contributed by atoms with Crippen LogP contribution in [-0.4, -0.2) is 29.1 Å². The Labute approximate surface area is 158 Å². The van der Waals surface area contributed by atoms with E-state index in [-0.39, 0.29) is 12.3 Å². The number of aromatic nitrogens is 2. The molecular formula is C19H16N4O3S. The van der Waals surface area contributed by atoms with E-state index < -0.39 is 5.91 Å². The number of H-pyrrole nitrogens is 1. The molecule has 1 aliphatic rings. The molecule has 0 bridgehead atoms. The van der Waals surface area contributed by atoms with Gasteiger partial charge in [-0.25, -0.2) is 0 Å². The summed E-state index contributed by atoms with van der Waals surface area (Å²) in [5.41, 5.74) is 9.11. The van der Waals surface area contributed by atoms with Crippen LogP contribution in [0.25, 0.3) is 22.9 Å². The molecule has 4 N–H and O–H groups in total. The Bertz CT molecular complexity index is 1060. The van der Waals surface area contributed by atoms with E-state index >= 15 is 0 Å². The van der Waals surface area contributed by atoms with Gasteiger partial charge in [-0.05, 0) is 36.4 Å². The lowest BCUT2D eigenvalue weighted by Crippen LogP contribution is -2.12. The zero-order valence-electron chi connectivity index (χ0n) is 14.4. The number of carbonyl (C=O) groups excluding carboxylic acids is 2. The number of benzene rings is 1. The largest absolute Gasteiger partial charge is 0.497 e. The minimum absolute atomic E-state index is 0.156. The lowest BCUT2D eigenvalue weighted by molar-refractivity contribution is -0.117. The average Bonchev–Trinajstić information content (AvgIpc) is 3.32. The summed E-state index contributed by atoms with van der Waals surface area (Å²) in [6.07, 6.45) is 3.63. The molecule has 27 heavy (non-hydrogen) atoms. The van der Waals surface area contributed by atoms with E-state index in [4.69, 9.17) is 10.5 Å². The van der Waals surface area contributed by atoms with Gasteiger partial charge in [0.2, 0.25) is 5.91 Å². The molecule has 0 fully saturated rings. The summed E-state index contributed by atoms with van der Waals surface area (Å²) in [6.45, 7) is 0. The van der Waals surface area contributed by atoms with E-state index in [9.17, 15) is 9.59 Å². The fourth-order valence-electron chi connectivity index (χ4n) is 2.98.